The summed E-state index contributed by atoms with van der Waals surface area (Å²) in [7, 11) is -3.47. The van der Waals surface area contributed by atoms with E-state index in [1.54, 1.807) is 17.8 Å². The van der Waals surface area contributed by atoms with Crippen molar-refractivity contribution in [3.8, 4) is 6.07 Å². The third kappa shape index (κ3) is 4.23. The Bertz CT molecular complexity index is 573. The minimum absolute atomic E-state index is 0.0795. The molecule has 0 atom stereocenters. The van der Waals surface area contributed by atoms with Gasteiger partial charge in [0, 0.05) is 16.2 Å². The normalized spacial score (nSPS) is 17.8. The van der Waals surface area contributed by atoms with E-state index in [9.17, 15) is 8.42 Å². The number of nitriles is 1. The molecule has 2 rings (SSSR count). The van der Waals surface area contributed by atoms with Gasteiger partial charge in [0.25, 0.3) is 0 Å². The Morgan fingerprint density at radius 2 is 1.90 bits per heavy atom. The summed E-state index contributed by atoms with van der Waals surface area (Å²) in [5.41, 5.74) is 0. The van der Waals surface area contributed by atoms with Crippen LogP contribution in [0.4, 0.5) is 0 Å². The molecule has 0 aliphatic heterocycles. The molecule has 6 heteroatoms. The first-order valence-electron chi connectivity index (χ1n) is 6.64. The second-order valence-electron chi connectivity index (χ2n) is 5.04. The van der Waals surface area contributed by atoms with E-state index < -0.39 is 15.8 Å². The fraction of sp³-hybridized carbons (Fsp3) is 0.500. The summed E-state index contributed by atoms with van der Waals surface area (Å²) >= 11 is 1.75. The molecule has 1 aromatic carbocycles. The number of hydrogen-bond donors (Lipinski definition) is 1. The third-order valence-electron chi connectivity index (χ3n) is 3.46. The van der Waals surface area contributed by atoms with E-state index in [1.165, 1.54) is 0 Å². The van der Waals surface area contributed by atoms with Crippen molar-refractivity contribution in [1.29, 1.82) is 5.26 Å². The van der Waals surface area contributed by atoms with Gasteiger partial charge >= 0.3 is 0 Å². The predicted octanol–water partition coefficient (Wildman–Crippen LogP) is 2.53. The molecule has 0 bridgehead atoms. The minimum Gasteiger partial charge on any atom is -0.213 e. The lowest BCUT2D eigenvalue weighted by molar-refractivity contribution is 0.553. The van der Waals surface area contributed by atoms with Gasteiger partial charge in [-0.1, -0.05) is 31.0 Å². The fourth-order valence-corrected chi connectivity index (χ4v) is 4.74. The van der Waals surface area contributed by atoms with Crippen LogP contribution in [0.1, 0.15) is 25.7 Å². The summed E-state index contributed by atoms with van der Waals surface area (Å²) in [5.74, 6) is -0.473. The Labute approximate surface area is 124 Å². The zero-order chi connectivity index (χ0) is 14.5. The minimum atomic E-state index is -3.47. The fourth-order valence-electron chi connectivity index (χ4n) is 2.45. The Morgan fingerprint density at radius 1 is 1.25 bits per heavy atom. The molecule has 0 spiro atoms. The molecule has 1 aliphatic rings. The number of sulfonamides is 1. The number of benzene rings is 1. The summed E-state index contributed by atoms with van der Waals surface area (Å²) in [6, 6.07) is 11.7. The van der Waals surface area contributed by atoms with Gasteiger partial charge in [-0.25, -0.2) is 13.1 Å². The van der Waals surface area contributed by atoms with Gasteiger partial charge in [0.05, 0.1) is 6.07 Å². The Morgan fingerprint density at radius 3 is 2.50 bits per heavy atom. The van der Waals surface area contributed by atoms with E-state index in [0.29, 0.717) is 6.54 Å². The topological polar surface area (TPSA) is 70.0 Å². The van der Waals surface area contributed by atoms with Crippen LogP contribution in [0.25, 0.3) is 0 Å². The molecule has 4 nitrogen and oxygen atoms in total. The van der Waals surface area contributed by atoms with E-state index in [1.807, 2.05) is 18.2 Å². The second-order valence-corrected chi connectivity index (χ2v) is 8.39. The molecular weight excluding hydrogens is 292 g/mol. The van der Waals surface area contributed by atoms with Crippen LogP contribution in [0, 0.1) is 11.3 Å². The quantitative estimate of drug-likeness (QED) is 0.876. The highest BCUT2D eigenvalue weighted by Gasteiger charge is 2.35. The zero-order valence-corrected chi connectivity index (χ0v) is 12.8. The van der Waals surface area contributed by atoms with Crippen molar-refractivity contribution in [1.82, 2.24) is 4.72 Å². The van der Waals surface area contributed by atoms with Crippen molar-refractivity contribution >= 4 is 21.8 Å². The molecule has 0 amide bonds. The first-order chi connectivity index (χ1) is 9.55. The second kappa shape index (κ2) is 6.61. The molecule has 0 aromatic heterocycles. The molecule has 20 heavy (non-hydrogen) atoms. The number of nitrogens with one attached hydrogen (secondary N) is 1. The SMILES string of the molecule is N#CCS(=O)(=O)NCC1(Sc2ccccc2)CCCC1. The predicted molar refractivity (Wildman–Crippen MR) is 80.9 cm³/mol. The maximum absolute atomic E-state index is 11.6. The maximum Gasteiger partial charge on any atom is 0.225 e. The summed E-state index contributed by atoms with van der Waals surface area (Å²) in [4.78, 5) is 1.16. The van der Waals surface area contributed by atoms with Crippen molar-refractivity contribution in [2.45, 2.75) is 35.3 Å². The molecule has 1 saturated carbocycles. The Kier molecular flexibility index (Phi) is 5.08. The first kappa shape index (κ1) is 15.4. The lowest BCUT2D eigenvalue weighted by Crippen LogP contribution is -2.39. The van der Waals surface area contributed by atoms with Gasteiger partial charge in [-0.15, -0.1) is 11.8 Å². The van der Waals surface area contributed by atoms with Crippen LogP contribution in [0.5, 0.6) is 0 Å². The van der Waals surface area contributed by atoms with Gasteiger partial charge in [-0.2, -0.15) is 5.26 Å². The number of hydrogen-bond acceptors (Lipinski definition) is 4. The van der Waals surface area contributed by atoms with Gasteiger partial charge in [0.1, 0.15) is 0 Å². The Hall–Kier alpha value is -1.03. The molecule has 1 fully saturated rings. The average molecular weight is 310 g/mol. The van der Waals surface area contributed by atoms with Crippen LogP contribution in [-0.4, -0.2) is 25.5 Å². The van der Waals surface area contributed by atoms with Crippen LogP contribution in [0.3, 0.4) is 0 Å². The molecule has 1 aromatic rings. The van der Waals surface area contributed by atoms with Crippen molar-refractivity contribution in [3.05, 3.63) is 30.3 Å². The van der Waals surface area contributed by atoms with Crippen LogP contribution in [0.15, 0.2) is 35.2 Å². The van der Waals surface area contributed by atoms with Crippen LogP contribution in [0.2, 0.25) is 0 Å². The molecule has 0 saturated heterocycles. The van der Waals surface area contributed by atoms with E-state index in [0.717, 1.165) is 30.6 Å². The standard InChI is InChI=1S/C14H18N2O2S2/c15-10-11-20(17,18)16-12-14(8-4-5-9-14)19-13-6-2-1-3-7-13/h1-3,6-7,16H,4-5,8-9,11-12H2. The maximum atomic E-state index is 11.6. The van der Waals surface area contributed by atoms with Gasteiger partial charge in [0.15, 0.2) is 5.75 Å². The van der Waals surface area contributed by atoms with Crippen LogP contribution < -0.4 is 4.72 Å². The highest BCUT2D eigenvalue weighted by molar-refractivity contribution is 8.00. The lowest BCUT2D eigenvalue weighted by atomic mass is 10.1. The lowest BCUT2D eigenvalue weighted by Gasteiger charge is -2.28. The first-order valence-corrected chi connectivity index (χ1v) is 9.11. The zero-order valence-electron chi connectivity index (χ0n) is 11.2. The van der Waals surface area contributed by atoms with Gasteiger partial charge < -0.3 is 0 Å². The summed E-state index contributed by atoms with van der Waals surface area (Å²) in [5, 5.41) is 8.52. The van der Waals surface area contributed by atoms with Crippen LogP contribution in [-0.2, 0) is 10.0 Å². The molecule has 0 heterocycles. The molecule has 1 N–H and O–H groups in total. The van der Waals surface area contributed by atoms with E-state index >= 15 is 0 Å². The van der Waals surface area contributed by atoms with Crippen molar-refractivity contribution in [2.75, 3.05) is 12.3 Å². The van der Waals surface area contributed by atoms with Crippen molar-refractivity contribution < 1.29 is 8.42 Å². The molecule has 0 unspecified atom stereocenters. The number of thioether (sulfide) groups is 1. The summed E-state index contributed by atoms with van der Waals surface area (Å²) in [6.45, 7) is 0.399. The van der Waals surface area contributed by atoms with E-state index in [4.69, 9.17) is 5.26 Å². The van der Waals surface area contributed by atoms with Gasteiger partial charge in [0.2, 0.25) is 10.0 Å². The summed E-state index contributed by atoms with van der Waals surface area (Å²) < 4.78 is 25.8. The highest BCUT2D eigenvalue weighted by atomic mass is 32.2. The van der Waals surface area contributed by atoms with Crippen molar-refractivity contribution in [2.24, 2.45) is 0 Å². The highest BCUT2D eigenvalue weighted by Crippen LogP contribution is 2.44. The molecule has 1 aliphatic carbocycles. The largest absolute Gasteiger partial charge is 0.225 e. The average Bonchev–Trinajstić information content (AvgIpc) is 2.87. The van der Waals surface area contributed by atoms with E-state index in [-0.39, 0.29) is 4.75 Å². The number of nitrogens with zero attached hydrogens (tertiary/aromatic N) is 1. The molecule has 0 radical (unpaired) electrons. The van der Waals surface area contributed by atoms with E-state index in [2.05, 4.69) is 16.9 Å². The smallest absolute Gasteiger partial charge is 0.213 e. The third-order valence-corrected chi connectivity index (χ3v) is 6.05. The summed E-state index contributed by atoms with van der Waals surface area (Å²) in [6.07, 6.45) is 4.25. The molecule has 108 valence electrons. The number of rotatable bonds is 6. The molecular formula is C14H18N2O2S2. The van der Waals surface area contributed by atoms with Crippen LogP contribution >= 0.6 is 11.8 Å². The van der Waals surface area contributed by atoms with Crippen molar-refractivity contribution in [3.63, 3.8) is 0 Å². The monoisotopic (exact) mass is 310 g/mol. The van der Waals surface area contributed by atoms with Gasteiger partial charge in [-0.05, 0) is 25.0 Å². The van der Waals surface area contributed by atoms with Gasteiger partial charge in [-0.3, -0.25) is 0 Å². The Balaban J connectivity index is 2.05.